The van der Waals surface area contributed by atoms with E-state index in [4.69, 9.17) is 0 Å². The molecule has 6 heteroatoms. The molecule has 0 atom stereocenters. The van der Waals surface area contributed by atoms with Crippen LogP contribution in [0.15, 0.2) is 24.3 Å². The smallest absolute Gasteiger partial charge is 0.226 e. The molecule has 1 aliphatic rings. The first-order valence-corrected chi connectivity index (χ1v) is 8.36. The molecule has 0 spiro atoms. The molecule has 0 saturated heterocycles. The monoisotopic (exact) mass is 316 g/mol. The Morgan fingerprint density at radius 1 is 1.32 bits per heavy atom. The van der Waals surface area contributed by atoms with E-state index in [0.29, 0.717) is 12.5 Å². The summed E-state index contributed by atoms with van der Waals surface area (Å²) in [5.74, 6) is 1.60. The number of rotatable bonds is 6. The summed E-state index contributed by atoms with van der Waals surface area (Å²) >= 11 is 1.42. The molecule has 22 heavy (non-hydrogen) atoms. The average Bonchev–Trinajstić information content (AvgIpc) is 3.25. The maximum absolute atomic E-state index is 11.6. The number of aromatic nitrogens is 2. The van der Waals surface area contributed by atoms with Gasteiger partial charge in [-0.15, -0.1) is 0 Å². The third-order valence-electron chi connectivity index (χ3n) is 3.57. The predicted octanol–water partition coefficient (Wildman–Crippen LogP) is 3.62. The summed E-state index contributed by atoms with van der Waals surface area (Å²) in [6, 6.07) is 7.86. The van der Waals surface area contributed by atoms with Crippen molar-refractivity contribution in [3.8, 4) is 0 Å². The van der Waals surface area contributed by atoms with Crippen LogP contribution in [0.5, 0.6) is 0 Å². The average molecular weight is 316 g/mol. The van der Waals surface area contributed by atoms with E-state index in [1.165, 1.54) is 24.4 Å². The molecule has 2 N–H and O–H groups in total. The van der Waals surface area contributed by atoms with Crippen molar-refractivity contribution in [1.29, 1.82) is 0 Å². The van der Waals surface area contributed by atoms with Crippen LogP contribution in [0, 0.1) is 5.92 Å². The van der Waals surface area contributed by atoms with Gasteiger partial charge in [0.1, 0.15) is 5.82 Å². The van der Waals surface area contributed by atoms with Crippen LogP contribution in [0.2, 0.25) is 0 Å². The molecular formula is C16H20N4OS. The minimum absolute atomic E-state index is 0.0144. The summed E-state index contributed by atoms with van der Waals surface area (Å²) in [4.78, 5) is 16.1. The normalized spacial score (nSPS) is 14.1. The van der Waals surface area contributed by atoms with Gasteiger partial charge in [-0.1, -0.05) is 26.0 Å². The molecular weight excluding hydrogens is 296 g/mol. The standard InChI is InChI=1S/C16H20N4OS/c1-10(2)15(21)18-13-7-3-11(4-8-13)9-17-16-19-14(20-22-16)12-5-6-12/h3-4,7-8,10,12H,5-6,9H2,1-2H3,(H,18,21)(H,17,19,20). The molecule has 1 aromatic heterocycles. The fraction of sp³-hybridized carbons (Fsp3) is 0.438. The Bertz CT molecular complexity index is 646. The number of hydrogen-bond acceptors (Lipinski definition) is 5. The number of amides is 1. The second-order valence-electron chi connectivity index (χ2n) is 5.93. The fourth-order valence-corrected chi connectivity index (χ4v) is 2.63. The highest BCUT2D eigenvalue weighted by molar-refractivity contribution is 7.09. The minimum atomic E-state index is -0.0144. The molecule has 3 rings (SSSR count). The van der Waals surface area contributed by atoms with Gasteiger partial charge in [0.25, 0.3) is 0 Å². The molecule has 1 heterocycles. The van der Waals surface area contributed by atoms with Gasteiger partial charge in [-0.2, -0.15) is 4.37 Å². The first kappa shape index (κ1) is 15.0. The Balaban J connectivity index is 1.52. The van der Waals surface area contributed by atoms with E-state index in [9.17, 15) is 4.79 Å². The third kappa shape index (κ3) is 3.82. The summed E-state index contributed by atoms with van der Waals surface area (Å²) in [6.07, 6.45) is 2.44. The van der Waals surface area contributed by atoms with Crippen molar-refractivity contribution in [3.63, 3.8) is 0 Å². The van der Waals surface area contributed by atoms with Crippen LogP contribution < -0.4 is 10.6 Å². The van der Waals surface area contributed by atoms with E-state index in [1.54, 1.807) is 0 Å². The Morgan fingerprint density at radius 2 is 2.05 bits per heavy atom. The van der Waals surface area contributed by atoms with Crippen LogP contribution in [0.4, 0.5) is 10.8 Å². The zero-order valence-corrected chi connectivity index (χ0v) is 13.6. The fourth-order valence-electron chi connectivity index (χ4n) is 1.98. The molecule has 0 radical (unpaired) electrons. The highest BCUT2D eigenvalue weighted by atomic mass is 32.1. The molecule has 1 amide bonds. The number of hydrogen-bond donors (Lipinski definition) is 2. The van der Waals surface area contributed by atoms with Gasteiger partial charge >= 0.3 is 0 Å². The van der Waals surface area contributed by atoms with Gasteiger partial charge < -0.3 is 10.6 Å². The number of carbonyl (C=O) groups excluding carboxylic acids is 1. The van der Waals surface area contributed by atoms with Crippen molar-refractivity contribution in [2.24, 2.45) is 5.92 Å². The number of nitrogens with zero attached hydrogens (tertiary/aromatic N) is 2. The van der Waals surface area contributed by atoms with Gasteiger partial charge in [-0.05, 0) is 30.5 Å². The lowest BCUT2D eigenvalue weighted by Gasteiger charge is -2.08. The second kappa shape index (κ2) is 6.44. The lowest BCUT2D eigenvalue weighted by atomic mass is 10.1. The molecule has 5 nitrogen and oxygen atoms in total. The van der Waals surface area contributed by atoms with Crippen LogP contribution in [-0.2, 0) is 11.3 Å². The lowest BCUT2D eigenvalue weighted by molar-refractivity contribution is -0.118. The summed E-state index contributed by atoms with van der Waals surface area (Å²) in [6.45, 7) is 4.47. The number of anilines is 2. The van der Waals surface area contributed by atoms with Gasteiger partial charge in [0.15, 0.2) is 0 Å². The van der Waals surface area contributed by atoms with E-state index in [2.05, 4.69) is 20.0 Å². The van der Waals surface area contributed by atoms with Crippen molar-refractivity contribution in [2.75, 3.05) is 10.6 Å². The summed E-state index contributed by atoms with van der Waals surface area (Å²) in [5.41, 5.74) is 1.97. The predicted molar refractivity (Wildman–Crippen MR) is 89.1 cm³/mol. The van der Waals surface area contributed by atoms with Gasteiger partial charge in [0, 0.05) is 35.6 Å². The van der Waals surface area contributed by atoms with E-state index in [-0.39, 0.29) is 11.8 Å². The van der Waals surface area contributed by atoms with E-state index < -0.39 is 0 Å². The van der Waals surface area contributed by atoms with E-state index >= 15 is 0 Å². The van der Waals surface area contributed by atoms with Crippen LogP contribution in [0.25, 0.3) is 0 Å². The van der Waals surface area contributed by atoms with Crippen LogP contribution in [0.3, 0.4) is 0 Å². The molecule has 1 aromatic carbocycles. The number of nitrogens with one attached hydrogen (secondary N) is 2. The van der Waals surface area contributed by atoms with Crippen molar-refractivity contribution in [2.45, 2.75) is 39.2 Å². The second-order valence-corrected chi connectivity index (χ2v) is 6.68. The van der Waals surface area contributed by atoms with E-state index in [0.717, 1.165) is 22.2 Å². The molecule has 0 aliphatic heterocycles. The van der Waals surface area contributed by atoms with Gasteiger partial charge in [0.05, 0.1) is 0 Å². The first-order valence-electron chi connectivity index (χ1n) is 7.59. The topological polar surface area (TPSA) is 66.9 Å². The molecule has 1 saturated carbocycles. The van der Waals surface area contributed by atoms with Crippen LogP contribution >= 0.6 is 11.5 Å². The summed E-state index contributed by atoms with van der Waals surface area (Å²) in [7, 11) is 0. The zero-order chi connectivity index (χ0) is 15.5. The zero-order valence-electron chi connectivity index (χ0n) is 12.8. The van der Waals surface area contributed by atoms with Gasteiger partial charge in [-0.25, -0.2) is 4.98 Å². The molecule has 116 valence electrons. The molecule has 2 aromatic rings. The summed E-state index contributed by atoms with van der Waals surface area (Å²) < 4.78 is 4.37. The van der Waals surface area contributed by atoms with Crippen molar-refractivity contribution in [1.82, 2.24) is 9.36 Å². The maximum Gasteiger partial charge on any atom is 0.226 e. The molecule has 0 bridgehead atoms. The highest BCUT2D eigenvalue weighted by Gasteiger charge is 2.27. The van der Waals surface area contributed by atoms with Crippen LogP contribution in [-0.4, -0.2) is 15.3 Å². The molecule has 1 aliphatic carbocycles. The third-order valence-corrected chi connectivity index (χ3v) is 4.26. The quantitative estimate of drug-likeness (QED) is 0.854. The number of benzene rings is 1. The minimum Gasteiger partial charge on any atom is -0.356 e. The van der Waals surface area contributed by atoms with Crippen LogP contribution in [0.1, 0.15) is 44.0 Å². The molecule has 0 unspecified atom stereocenters. The summed E-state index contributed by atoms with van der Waals surface area (Å²) in [5, 5.41) is 7.06. The lowest BCUT2D eigenvalue weighted by Crippen LogP contribution is -2.17. The Kier molecular flexibility index (Phi) is 4.38. The van der Waals surface area contributed by atoms with Crippen molar-refractivity contribution in [3.05, 3.63) is 35.7 Å². The number of carbonyl (C=O) groups is 1. The van der Waals surface area contributed by atoms with Gasteiger partial charge in [0.2, 0.25) is 11.0 Å². The SMILES string of the molecule is CC(C)C(=O)Nc1ccc(CNc2nc(C3CC3)ns2)cc1. The van der Waals surface area contributed by atoms with Gasteiger partial charge in [-0.3, -0.25) is 4.79 Å². The highest BCUT2D eigenvalue weighted by Crippen LogP contribution is 2.39. The molecule has 1 fully saturated rings. The first-order chi connectivity index (χ1) is 10.6. The Hall–Kier alpha value is -1.95. The van der Waals surface area contributed by atoms with E-state index in [1.807, 2.05) is 38.1 Å². The maximum atomic E-state index is 11.6. The van der Waals surface area contributed by atoms with Crippen molar-refractivity contribution < 1.29 is 4.79 Å². The Labute approximate surface area is 134 Å². The Morgan fingerprint density at radius 3 is 2.68 bits per heavy atom. The van der Waals surface area contributed by atoms with Crippen molar-refractivity contribution >= 4 is 28.3 Å². The largest absolute Gasteiger partial charge is 0.356 e.